The molecule has 1 fully saturated rings. The van der Waals surface area contributed by atoms with Gasteiger partial charge in [-0.1, -0.05) is 12.1 Å². The number of nitrogens with zero attached hydrogens (tertiary/aromatic N) is 1. The highest BCUT2D eigenvalue weighted by Gasteiger charge is 2.18. The summed E-state index contributed by atoms with van der Waals surface area (Å²) in [7, 11) is -2.14. The molecule has 1 aliphatic heterocycles. The Morgan fingerprint density at radius 1 is 1.00 bits per heavy atom. The summed E-state index contributed by atoms with van der Waals surface area (Å²) in [5.74, 6) is 0.146. The zero-order chi connectivity index (χ0) is 23.7. The fourth-order valence-electron chi connectivity index (χ4n) is 3.38. The molecule has 10 heteroatoms. The molecule has 0 unspecified atom stereocenters. The molecular formula is C23H29N3O6S. The number of nitrogens with one attached hydrogen (secondary N) is 2. The van der Waals surface area contributed by atoms with E-state index in [2.05, 4.69) is 10.0 Å². The number of carbonyl (C=O) groups excluding carboxylic acids is 2. The van der Waals surface area contributed by atoms with E-state index < -0.39 is 10.0 Å². The van der Waals surface area contributed by atoms with Crippen molar-refractivity contribution in [1.82, 2.24) is 9.62 Å². The Balaban J connectivity index is 1.44. The highest BCUT2D eigenvalue weighted by atomic mass is 32.2. The molecule has 1 aliphatic rings. The van der Waals surface area contributed by atoms with Crippen LogP contribution < -0.4 is 14.8 Å². The summed E-state index contributed by atoms with van der Waals surface area (Å²) in [6.07, 6.45) is 2.48. The second-order valence-corrected chi connectivity index (χ2v) is 9.43. The number of benzene rings is 2. The number of amides is 2. The Labute approximate surface area is 194 Å². The number of rotatable bonds is 11. The lowest BCUT2D eigenvalue weighted by molar-refractivity contribution is -0.129. The van der Waals surface area contributed by atoms with Gasteiger partial charge in [0.1, 0.15) is 5.75 Å². The molecule has 0 aliphatic carbocycles. The first-order valence-corrected chi connectivity index (χ1v) is 12.2. The van der Waals surface area contributed by atoms with Gasteiger partial charge in [0.15, 0.2) is 6.61 Å². The van der Waals surface area contributed by atoms with Crippen molar-refractivity contribution in [3.63, 3.8) is 0 Å². The SMILES string of the molecule is COCCNS(=O)(=O)c1ccc(OCC(=O)Nc2ccc(CC(=O)N3CCCC3)cc2)cc1. The largest absolute Gasteiger partial charge is 0.484 e. The Bertz CT molecular complexity index is 1030. The number of ether oxygens (including phenoxy) is 2. The minimum absolute atomic E-state index is 0.0960. The Kier molecular flexibility index (Phi) is 8.81. The number of methoxy groups -OCH3 is 1. The van der Waals surface area contributed by atoms with Gasteiger partial charge >= 0.3 is 0 Å². The van der Waals surface area contributed by atoms with E-state index in [1.54, 1.807) is 12.1 Å². The van der Waals surface area contributed by atoms with Crippen LogP contribution in [0.25, 0.3) is 0 Å². The zero-order valence-electron chi connectivity index (χ0n) is 18.6. The van der Waals surface area contributed by atoms with Crippen molar-refractivity contribution in [2.45, 2.75) is 24.2 Å². The first-order chi connectivity index (χ1) is 15.9. The number of hydrogen-bond acceptors (Lipinski definition) is 6. The van der Waals surface area contributed by atoms with Gasteiger partial charge in [-0.2, -0.15) is 0 Å². The maximum Gasteiger partial charge on any atom is 0.262 e. The monoisotopic (exact) mass is 475 g/mol. The average molecular weight is 476 g/mol. The fourth-order valence-corrected chi connectivity index (χ4v) is 4.39. The number of sulfonamides is 1. The summed E-state index contributed by atoms with van der Waals surface area (Å²) >= 11 is 0. The van der Waals surface area contributed by atoms with Crippen LogP contribution in [0.5, 0.6) is 5.75 Å². The van der Waals surface area contributed by atoms with Crippen LogP contribution in [0.4, 0.5) is 5.69 Å². The number of carbonyl (C=O) groups is 2. The first-order valence-electron chi connectivity index (χ1n) is 10.8. The van der Waals surface area contributed by atoms with Crippen molar-refractivity contribution in [2.24, 2.45) is 0 Å². The van der Waals surface area contributed by atoms with Crippen molar-refractivity contribution in [2.75, 3.05) is 45.3 Å². The summed E-state index contributed by atoms with van der Waals surface area (Å²) in [4.78, 5) is 26.4. The van der Waals surface area contributed by atoms with Gasteiger partial charge in [-0.25, -0.2) is 13.1 Å². The van der Waals surface area contributed by atoms with E-state index in [0.717, 1.165) is 31.5 Å². The molecule has 1 heterocycles. The third-order valence-corrected chi connectivity index (χ3v) is 6.63. The Morgan fingerprint density at radius 3 is 2.30 bits per heavy atom. The van der Waals surface area contributed by atoms with Crippen LogP contribution in [0, 0.1) is 0 Å². The van der Waals surface area contributed by atoms with E-state index in [9.17, 15) is 18.0 Å². The second-order valence-electron chi connectivity index (χ2n) is 7.66. The average Bonchev–Trinajstić information content (AvgIpc) is 3.35. The summed E-state index contributed by atoms with van der Waals surface area (Å²) < 4.78 is 37.0. The van der Waals surface area contributed by atoms with E-state index in [1.165, 1.54) is 31.4 Å². The van der Waals surface area contributed by atoms with Crippen LogP contribution in [0.3, 0.4) is 0 Å². The summed E-state index contributed by atoms with van der Waals surface area (Å²) in [6, 6.07) is 12.9. The Morgan fingerprint density at radius 2 is 1.67 bits per heavy atom. The van der Waals surface area contributed by atoms with Crippen molar-refractivity contribution in [3.05, 3.63) is 54.1 Å². The van der Waals surface area contributed by atoms with Gasteiger partial charge in [-0.15, -0.1) is 0 Å². The lowest BCUT2D eigenvalue weighted by Gasteiger charge is -2.15. The second kappa shape index (κ2) is 11.8. The molecule has 178 valence electrons. The highest BCUT2D eigenvalue weighted by Crippen LogP contribution is 2.17. The molecule has 9 nitrogen and oxygen atoms in total. The van der Waals surface area contributed by atoms with Crippen LogP contribution in [0.1, 0.15) is 18.4 Å². The predicted molar refractivity (Wildman–Crippen MR) is 124 cm³/mol. The molecule has 0 saturated carbocycles. The molecule has 0 bridgehead atoms. The topological polar surface area (TPSA) is 114 Å². The molecule has 2 amide bonds. The van der Waals surface area contributed by atoms with E-state index in [-0.39, 0.29) is 36.5 Å². The number of likely N-dealkylation sites (tertiary alicyclic amines) is 1. The van der Waals surface area contributed by atoms with E-state index in [1.807, 2.05) is 17.0 Å². The standard InChI is InChI=1S/C23H29N3O6S/c1-31-15-12-24-33(29,30)21-10-8-20(9-11-21)32-17-22(27)25-19-6-4-18(5-7-19)16-23(28)26-13-2-3-14-26/h4-11,24H,2-3,12-17H2,1H3,(H,25,27). The molecule has 2 N–H and O–H groups in total. The van der Waals surface area contributed by atoms with Crippen LogP contribution in [0.15, 0.2) is 53.4 Å². The minimum Gasteiger partial charge on any atom is -0.484 e. The van der Waals surface area contributed by atoms with Gasteiger partial charge in [-0.3, -0.25) is 9.59 Å². The molecular weight excluding hydrogens is 446 g/mol. The van der Waals surface area contributed by atoms with Crippen LogP contribution >= 0.6 is 0 Å². The third-order valence-electron chi connectivity index (χ3n) is 5.15. The molecule has 33 heavy (non-hydrogen) atoms. The molecule has 0 radical (unpaired) electrons. The normalized spacial score (nSPS) is 13.7. The van der Waals surface area contributed by atoms with E-state index in [0.29, 0.717) is 17.9 Å². The quantitative estimate of drug-likeness (QED) is 0.479. The van der Waals surface area contributed by atoms with Gasteiger partial charge in [0.25, 0.3) is 5.91 Å². The summed E-state index contributed by atoms with van der Waals surface area (Å²) in [5, 5.41) is 2.74. The van der Waals surface area contributed by atoms with Crippen LogP contribution in [-0.4, -0.2) is 65.1 Å². The maximum atomic E-state index is 12.2. The van der Waals surface area contributed by atoms with Gasteiger partial charge < -0.3 is 19.7 Å². The minimum atomic E-state index is -3.63. The molecule has 0 spiro atoms. The lowest BCUT2D eigenvalue weighted by atomic mass is 10.1. The summed E-state index contributed by atoms with van der Waals surface area (Å²) in [5.41, 5.74) is 1.50. The number of hydrogen-bond donors (Lipinski definition) is 2. The molecule has 0 atom stereocenters. The van der Waals surface area contributed by atoms with E-state index >= 15 is 0 Å². The van der Waals surface area contributed by atoms with Crippen LogP contribution in [0.2, 0.25) is 0 Å². The number of anilines is 1. The third kappa shape index (κ3) is 7.55. The lowest BCUT2D eigenvalue weighted by Crippen LogP contribution is -2.29. The molecule has 0 aromatic heterocycles. The van der Waals surface area contributed by atoms with Gasteiger partial charge in [-0.05, 0) is 54.8 Å². The zero-order valence-corrected chi connectivity index (χ0v) is 19.4. The molecule has 2 aromatic rings. The first kappa shape index (κ1) is 24.7. The van der Waals surface area contributed by atoms with Gasteiger partial charge in [0.05, 0.1) is 17.9 Å². The molecule has 3 rings (SSSR count). The van der Waals surface area contributed by atoms with Crippen molar-refractivity contribution in [1.29, 1.82) is 0 Å². The molecule has 2 aromatic carbocycles. The molecule has 1 saturated heterocycles. The van der Waals surface area contributed by atoms with Crippen molar-refractivity contribution >= 4 is 27.5 Å². The van der Waals surface area contributed by atoms with Crippen molar-refractivity contribution < 1.29 is 27.5 Å². The van der Waals surface area contributed by atoms with Crippen molar-refractivity contribution in [3.8, 4) is 5.75 Å². The Hall–Kier alpha value is -2.95. The van der Waals surface area contributed by atoms with Gasteiger partial charge in [0, 0.05) is 32.4 Å². The van der Waals surface area contributed by atoms with Gasteiger partial charge in [0.2, 0.25) is 15.9 Å². The van der Waals surface area contributed by atoms with Crippen LogP contribution in [-0.2, 0) is 30.8 Å². The smallest absolute Gasteiger partial charge is 0.262 e. The predicted octanol–water partition coefficient (Wildman–Crippen LogP) is 1.79. The van der Waals surface area contributed by atoms with E-state index in [4.69, 9.17) is 9.47 Å². The maximum absolute atomic E-state index is 12.2. The summed E-state index contributed by atoms with van der Waals surface area (Å²) in [6.45, 7) is 1.88. The highest BCUT2D eigenvalue weighted by molar-refractivity contribution is 7.89. The fraction of sp³-hybridized carbons (Fsp3) is 0.391.